The van der Waals surface area contributed by atoms with Gasteiger partial charge in [-0.2, -0.15) is 5.26 Å². The summed E-state index contributed by atoms with van der Waals surface area (Å²) in [5.74, 6) is -0.188. The molecule has 3 unspecified atom stereocenters. The molecule has 0 spiro atoms. The molecule has 2 saturated heterocycles. The van der Waals surface area contributed by atoms with Crippen LogP contribution < -0.4 is 16.1 Å². The lowest BCUT2D eigenvalue weighted by molar-refractivity contribution is -0.128. The summed E-state index contributed by atoms with van der Waals surface area (Å²) in [6.45, 7) is 0.677. The molecule has 2 aliphatic heterocycles. The van der Waals surface area contributed by atoms with Gasteiger partial charge in [-0.25, -0.2) is 10.4 Å². The molecule has 6 atom stereocenters. The minimum Gasteiger partial charge on any atom is -0.368 e. The Labute approximate surface area is 177 Å². The number of carbonyl (C=O) groups excluding carboxylic acids is 1. The summed E-state index contributed by atoms with van der Waals surface area (Å²) in [4.78, 5) is 15.0. The number of piperidine rings is 1. The minimum atomic E-state index is -0.215. The molecule has 3 N–H and O–H groups in total. The van der Waals surface area contributed by atoms with Crippen LogP contribution in [0.1, 0.15) is 25.7 Å². The first kappa shape index (κ1) is 20.4. The molecule has 4 rings (SSSR count). The lowest BCUT2D eigenvalue weighted by atomic mass is 9.80. The monoisotopic (exact) mass is 416 g/mol. The van der Waals surface area contributed by atoms with E-state index in [1.807, 2.05) is 24.3 Å². The van der Waals surface area contributed by atoms with Crippen molar-refractivity contribution >= 4 is 23.2 Å². The number of hydrogen-bond donors (Lipinski definition) is 3. The van der Waals surface area contributed by atoms with E-state index in [2.05, 4.69) is 46.1 Å². The van der Waals surface area contributed by atoms with Gasteiger partial charge in [0.15, 0.2) is 0 Å². The molecule has 1 aromatic rings. The average Bonchev–Trinajstić information content (AvgIpc) is 3.08. The first-order valence-electron chi connectivity index (χ1n) is 10.4. The van der Waals surface area contributed by atoms with Crippen LogP contribution in [0.15, 0.2) is 24.3 Å². The van der Waals surface area contributed by atoms with Crippen LogP contribution in [0.25, 0.3) is 0 Å². The lowest BCUT2D eigenvalue weighted by Crippen LogP contribution is -2.55. The van der Waals surface area contributed by atoms with Crippen molar-refractivity contribution < 1.29 is 4.79 Å². The fourth-order valence-electron chi connectivity index (χ4n) is 5.10. The van der Waals surface area contributed by atoms with Gasteiger partial charge in [-0.1, -0.05) is 11.6 Å². The summed E-state index contributed by atoms with van der Waals surface area (Å²) in [5.41, 5.74) is 4.48. The van der Waals surface area contributed by atoms with Gasteiger partial charge in [-0.05, 0) is 64.0 Å². The van der Waals surface area contributed by atoms with Gasteiger partial charge in [-0.15, -0.1) is 0 Å². The highest BCUT2D eigenvalue weighted by Gasteiger charge is 2.51. The Kier molecular flexibility index (Phi) is 5.98. The Hall–Kier alpha value is -1.85. The number of nitrogens with zero attached hydrogens (tertiary/aromatic N) is 3. The number of rotatable bonds is 4. The van der Waals surface area contributed by atoms with Gasteiger partial charge in [-0.3, -0.25) is 4.79 Å². The number of hydrazine groups is 1. The maximum absolute atomic E-state index is 12.7. The molecular weight excluding hydrogens is 388 g/mol. The number of benzene rings is 1. The maximum Gasteiger partial charge on any atom is 0.228 e. The number of carbonyl (C=O) groups is 1. The number of anilines is 1. The summed E-state index contributed by atoms with van der Waals surface area (Å²) in [7, 11) is 4.17. The Bertz CT molecular complexity index is 778. The number of nitrogens with one attached hydrogen (secondary N) is 3. The topological polar surface area (TPSA) is 83.4 Å². The van der Waals surface area contributed by atoms with Crippen molar-refractivity contribution in [2.24, 2.45) is 11.8 Å². The molecule has 3 fully saturated rings. The van der Waals surface area contributed by atoms with Crippen LogP contribution in [-0.4, -0.2) is 60.7 Å². The SMILES string of the molecule is CN(C)[C@@H]1CC[C@H](N2NC(Nc3ccc(Cl)cc3)C3C(=O)NCCC32)[C@@H](C#N)C1. The molecule has 1 saturated carbocycles. The van der Waals surface area contributed by atoms with Crippen molar-refractivity contribution in [3.8, 4) is 6.07 Å². The van der Waals surface area contributed by atoms with E-state index < -0.39 is 0 Å². The highest BCUT2D eigenvalue weighted by molar-refractivity contribution is 6.30. The van der Waals surface area contributed by atoms with E-state index in [9.17, 15) is 10.1 Å². The summed E-state index contributed by atoms with van der Waals surface area (Å²) >= 11 is 6.00. The number of amides is 1. The van der Waals surface area contributed by atoms with Gasteiger partial charge in [0.05, 0.1) is 17.9 Å². The van der Waals surface area contributed by atoms with Crippen molar-refractivity contribution in [1.29, 1.82) is 5.26 Å². The summed E-state index contributed by atoms with van der Waals surface area (Å²) < 4.78 is 0. The van der Waals surface area contributed by atoms with E-state index >= 15 is 0 Å². The fourth-order valence-corrected chi connectivity index (χ4v) is 5.23. The number of halogens is 1. The van der Waals surface area contributed by atoms with Crippen molar-refractivity contribution in [2.45, 2.75) is 50.0 Å². The highest BCUT2D eigenvalue weighted by Crippen LogP contribution is 2.37. The summed E-state index contributed by atoms with van der Waals surface area (Å²) in [6.07, 6.45) is 3.55. The molecule has 8 heteroatoms. The summed E-state index contributed by atoms with van der Waals surface area (Å²) in [5, 5.41) is 19.3. The van der Waals surface area contributed by atoms with E-state index in [-0.39, 0.29) is 36.0 Å². The molecule has 0 radical (unpaired) electrons. The summed E-state index contributed by atoms with van der Waals surface area (Å²) in [6, 6.07) is 10.7. The largest absolute Gasteiger partial charge is 0.368 e. The predicted octanol–water partition coefficient (Wildman–Crippen LogP) is 2.03. The van der Waals surface area contributed by atoms with Gasteiger partial charge in [0.25, 0.3) is 0 Å². The van der Waals surface area contributed by atoms with Crippen LogP contribution in [0.3, 0.4) is 0 Å². The van der Waals surface area contributed by atoms with Gasteiger partial charge in [0, 0.05) is 35.4 Å². The number of nitriles is 1. The van der Waals surface area contributed by atoms with Crippen molar-refractivity contribution in [2.75, 3.05) is 26.0 Å². The van der Waals surface area contributed by atoms with Crippen LogP contribution in [0.5, 0.6) is 0 Å². The molecule has 0 aromatic heterocycles. The van der Waals surface area contributed by atoms with E-state index in [4.69, 9.17) is 11.6 Å². The second-order valence-corrected chi connectivity index (χ2v) is 9.01. The third-order valence-corrected chi connectivity index (χ3v) is 6.92. The van der Waals surface area contributed by atoms with Crippen LogP contribution >= 0.6 is 11.6 Å². The predicted molar refractivity (Wildman–Crippen MR) is 113 cm³/mol. The van der Waals surface area contributed by atoms with Crippen LogP contribution in [-0.2, 0) is 4.79 Å². The average molecular weight is 417 g/mol. The molecule has 2 heterocycles. The molecule has 1 aliphatic carbocycles. The molecule has 1 amide bonds. The molecule has 0 bridgehead atoms. The van der Waals surface area contributed by atoms with E-state index in [0.29, 0.717) is 17.6 Å². The Morgan fingerprint density at radius 2 is 1.97 bits per heavy atom. The minimum absolute atomic E-state index is 0.0523. The second kappa shape index (κ2) is 8.49. The standard InChI is InChI=1S/C21H29ClN6O/c1-27(2)16-7-8-17(13(11-16)12-23)28-18-9-10-24-21(29)19(18)20(26-28)25-15-5-3-14(22)4-6-15/h3-6,13,16-20,25-26H,7-11H2,1-2H3,(H,24,29)/t13-,16-,17+,18?,19?,20?/m1/s1. The smallest absolute Gasteiger partial charge is 0.228 e. The Morgan fingerprint density at radius 3 is 2.66 bits per heavy atom. The first-order valence-corrected chi connectivity index (χ1v) is 10.8. The quantitative estimate of drug-likeness (QED) is 0.696. The van der Waals surface area contributed by atoms with Crippen molar-refractivity contribution in [1.82, 2.24) is 20.7 Å². The molecule has 3 aliphatic rings. The number of fused-ring (bicyclic) bond motifs is 1. The zero-order valence-corrected chi connectivity index (χ0v) is 17.7. The molecule has 1 aromatic carbocycles. The Balaban J connectivity index is 1.55. The van der Waals surface area contributed by atoms with Crippen LogP contribution in [0.2, 0.25) is 5.02 Å². The zero-order valence-electron chi connectivity index (χ0n) is 16.9. The zero-order chi connectivity index (χ0) is 20.5. The maximum atomic E-state index is 12.7. The van der Waals surface area contributed by atoms with Gasteiger partial charge < -0.3 is 15.5 Å². The Morgan fingerprint density at radius 1 is 1.21 bits per heavy atom. The molecule has 7 nitrogen and oxygen atoms in total. The van der Waals surface area contributed by atoms with Crippen LogP contribution in [0.4, 0.5) is 5.69 Å². The van der Waals surface area contributed by atoms with Crippen molar-refractivity contribution in [3.63, 3.8) is 0 Å². The molecule has 29 heavy (non-hydrogen) atoms. The molecule has 156 valence electrons. The van der Waals surface area contributed by atoms with Crippen LogP contribution in [0, 0.1) is 23.2 Å². The van der Waals surface area contributed by atoms with E-state index in [1.54, 1.807) is 0 Å². The highest BCUT2D eigenvalue weighted by atomic mass is 35.5. The fraction of sp³-hybridized carbons (Fsp3) is 0.619. The van der Waals surface area contributed by atoms with Crippen molar-refractivity contribution in [3.05, 3.63) is 29.3 Å². The lowest BCUT2D eigenvalue weighted by Gasteiger charge is -2.42. The van der Waals surface area contributed by atoms with E-state index in [1.165, 1.54) is 0 Å². The number of hydrogen-bond acceptors (Lipinski definition) is 6. The first-order chi connectivity index (χ1) is 14.0. The van der Waals surface area contributed by atoms with Gasteiger partial charge >= 0.3 is 0 Å². The van der Waals surface area contributed by atoms with Gasteiger partial charge in [0.2, 0.25) is 5.91 Å². The normalized spacial score (nSPS) is 35.1. The second-order valence-electron chi connectivity index (χ2n) is 8.57. The molecular formula is C21H29ClN6O. The van der Waals surface area contributed by atoms with Gasteiger partial charge in [0.1, 0.15) is 6.17 Å². The third kappa shape index (κ3) is 4.08. The van der Waals surface area contributed by atoms with E-state index in [0.717, 1.165) is 31.4 Å². The third-order valence-electron chi connectivity index (χ3n) is 6.67.